The van der Waals surface area contributed by atoms with Crippen molar-refractivity contribution in [3.63, 3.8) is 0 Å². The highest BCUT2D eigenvalue weighted by Crippen LogP contribution is 2.47. The predicted octanol–water partition coefficient (Wildman–Crippen LogP) is -0.161. The molecule has 0 bridgehead atoms. The average Bonchev–Trinajstić information content (AvgIpc) is 3.14. The van der Waals surface area contributed by atoms with E-state index in [1.807, 2.05) is 12.5 Å². The van der Waals surface area contributed by atoms with Crippen LogP contribution in [0.5, 0.6) is 0 Å². The number of aliphatic hydroxyl groups is 2. The van der Waals surface area contributed by atoms with Crippen LogP contribution in [-0.2, 0) is 6.54 Å². The van der Waals surface area contributed by atoms with Crippen LogP contribution in [0.25, 0.3) is 0 Å². The van der Waals surface area contributed by atoms with E-state index in [2.05, 4.69) is 33.7 Å². The van der Waals surface area contributed by atoms with E-state index >= 15 is 0 Å². The molecule has 2 fully saturated rings. The number of imidazole rings is 1. The first kappa shape index (κ1) is 15.0. The number of aliphatic hydroxyl groups excluding tert-OH is 2. The van der Waals surface area contributed by atoms with Crippen molar-refractivity contribution in [2.24, 2.45) is 11.8 Å². The summed E-state index contributed by atoms with van der Waals surface area (Å²) in [5.41, 5.74) is 0.814. The molecule has 6 nitrogen and oxygen atoms in total. The van der Waals surface area contributed by atoms with Gasteiger partial charge in [0.25, 0.3) is 0 Å². The zero-order chi connectivity index (χ0) is 15.0. The van der Waals surface area contributed by atoms with Crippen molar-refractivity contribution >= 4 is 0 Å². The zero-order valence-corrected chi connectivity index (χ0v) is 12.9. The third-order valence-electron chi connectivity index (χ3n) is 5.37. The Morgan fingerprint density at radius 3 is 2.90 bits per heavy atom. The molecule has 2 aliphatic rings. The van der Waals surface area contributed by atoms with Crippen LogP contribution in [0.3, 0.4) is 0 Å². The van der Waals surface area contributed by atoms with Crippen LogP contribution in [0.15, 0.2) is 12.5 Å². The summed E-state index contributed by atoms with van der Waals surface area (Å²) in [5.74, 6) is 0.820. The molecule has 3 rings (SSSR count). The minimum atomic E-state index is -0.377. The molecule has 0 aromatic carbocycles. The molecule has 3 heterocycles. The highest BCUT2D eigenvalue weighted by Gasteiger charge is 2.56. The summed E-state index contributed by atoms with van der Waals surface area (Å²) < 4.78 is 2.17. The molecule has 4 atom stereocenters. The van der Waals surface area contributed by atoms with E-state index in [0.29, 0.717) is 18.3 Å². The molecule has 118 valence electrons. The Balaban J connectivity index is 1.95. The van der Waals surface area contributed by atoms with E-state index in [1.165, 1.54) is 5.69 Å². The minimum Gasteiger partial charge on any atom is -0.396 e. The molecule has 0 radical (unpaired) electrons. The smallest absolute Gasteiger partial charge is 0.0948 e. The van der Waals surface area contributed by atoms with Crippen molar-refractivity contribution in [2.75, 3.05) is 33.4 Å². The summed E-state index contributed by atoms with van der Waals surface area (Å²) >= 11 is 0. The van der Waals surface area contributed by atoms with E-state index in [-0.39, 0.29) is 24.8 Å². The maximum atomic E-state index is 10.0. The molecule has 2 aliphatic heterocycles. The highest BCUT2D eigenvalue weighted by molar-refractivity contribution is 5.19. The third-order valence-corrected chi connectivity index (χ3v) is 5.37. The number of nitrogens with zero attached hydrogens (tertiary/aromatic N) is 3. The highest BCUT2D eigenvalue weighted by atomic mass is 16.3. The van der Waals surface area contributed by atoms with Gasteiger partial charge in [-0.1, -0.05) is 0 Å². The van der Waals surface area contributed by atoms with Gasteiger partial charge in [-0.3, -0.25) is 0 Å². The van der Waals surface area contributed by atoms with Crippen molar-refractivity contribution in [1.82, 2.24) is 19.8 Å². The van der Waals surface area contributed by atoms with Gasteiger partial charge in [0.1, 0.15) is 0 Å². The van der Waals surface area contributed by atoms with E-state index in [0.717, 1.165) is 19.6 Å². The summed E-state index contributed by atoms with van der Waals surface area (Å²) in [7, 11) is 2.13. The molecule has 21 heavy (non-hydrogen) atoms. The molecule has 3 N–H and O–H groups in total. The Morgan fingerprint density at radius 1 is 1.43 bits per heavy atom. The maximum absolute atomic E-state index is 10.0. The first-order valence-electron chi connectivity index (χ1n) is 7.83. The van der Waals surface area contributed by atoms with Crippen molar-refractivity contribution in [3.05, 3.63) is 18.2 Å². The fourth-order valence-corrected chi connectivity index (χ4v) is 4.33. The number of hydrogen-bond acceptors (Lipinski definition) is 5. The SMILES string of the molecule is CCn1cncc1[C@@H]1N[C@@](CO)(CCO)[C@@H]2CN(C)C[C@@H]21. The van der Waals surface area contributed by atoms with E-state index in [4.69, 9.17) is 0 Å². The molecule has 1 aromatic heterocycles. The van der Waals surface area contributed by atoms with Crippen molar-refractivity contribution in [3.8, 4) is 0 Å². The van der Waals surface area contributed by atoms with Gasteiger partial charge in [0.15, 0.2) is 0 Å². The van der Waals surface area contributed by atoms with E-state index < -0.39 is 0 Å². The molecular weight excluding hydrogens is 268 g/mol. The molecule has 0 amide bonds. The average molecular weight is 294 g/mol. The van der Waals surface area contributed by atoms with Gasteiger partial charge in [-0.2, -0.15) is 0 Å². The van der Waals surface area contributed by atoms with Gasteiger partial charge in [0.05, 0.1) is 24.7 Å². The van der Waals surface area contributed by atoms with Crippen molar-refractivity contribution in [1.29, 1.82) is 0 Å². The second-order valence-corrected chi connectivity index (χ2v) is 6.51. The summed E-state index contributed by atoms with van der Waals surface area (Å²) in [4.78, 5) is 6.62. The Hall–Kier alpha value is -0.950. The summed E-state index contributed by atoms with van der Waals surface area (Å²) in [6.45, 7) is 5.16. The van der Waals surface area contributed by atoms with Gasteiger partial charge in [-0.05, 0) is 32.2 Å². The van der Waals surface area contributed by atoms with Gasteiger partial charge in [0.2, 0.25) is 0 Å². The number of aromatic nitrogens is 2. The lowest BCUT2D eigenvalue weighted by atomic mass is 9.79. The number of likely N-dealkylation sites (tertiary alicyclic amines) is 1. The van der Waals surface area contributed by atoms with Crippen LogP contribution in [0.1, 0.15) is 25.1 Å². The molecule has 0 saturated carbocycles. The van der Waals surface area contributed by atoms with Gasteiger partial charge in [-0.25, -0.2) is 4.98 Å². The van der Waals surface area contributed by atoms with Crippen LogP contribution < -0.4 is 5.32 Å². The van der Waals surface area contributed by atoms with Crippen LogP contribution in [-0.4, -0.2) is 63.6 Å². The van der Waals surface area contributed by atoms with Crippen molar-refractivity contribution < 1.29 is 10.2 Å². The Labute approximate surface area is 125 Å². The lowest BCUT2D eigenvalue weighted by Gasteiger charge is -2.33. The molecule has 0 spiro atoms. The molecular formula is C15H26N4O2. The third kappa shape index (κ3) is 2.30. The predicted molar refractivity (Wildman–Crippen MR) is 79.8 cm³/mol. The summed E-state index contributed by atoms with van der Waals surface area (Å²) in [5, 5.41) is 23.1. The van der Waals surface area contributed by atoms with Gasteiger partial charge < -0.3 is 25.0 Å². The molecule has 1 aromatic rings. The molecule has 6 heteroatoms. The Bertz CT molecular complexity index is 492. The maximum Gasteiger partial charge on any atom is 0.0948 e. The topological polar surface area (TPSA) is 73.5 Å². The number of nitrogens with one attached hydrogen (secondary N) is 1. The molecule has 0 unspecified atom stereocenters. The number of fused-ring (bicyclic) bond motifs is 1. The van der Waals surface area contributed by atoms with Crippen LogP contribution in [0.4, 0.5) is 0 Å². The van der Waals surface area contributed by atoms with Gasteiger partial charge >= 0.3 is 0 Å². The largest absolute Gasteiger partial charge is 0.396 e. The van der Waals surface area contributed by atoms with E-state index in [1.54, 1.807) is 0 Å². The fourth-order valence-electron chi connectivity index (χ4n) is 4.33. The number of rotatable bonds is 5. The first-order valence-corrected chi connectivity index (χ1v) is 7.83. The lowest BCUT2D eigenvalue weighted by molar-refractivity contribution is 0.0991. The number of aryl methyl sites for hydroxylation is 1. The Kier molecular flexibility index (Phi) is 4.05. The molecule has 0 aliphatic carbocycles. The van der Waals surface area contributed by atoms with Crippen LogP contribution in [0, 0.1) is 11.8 Å². The standard InChI is InChI=1S/C15H26N4O2/c1-3-19-10-16-6-13(19)14-11-7-18(2)8-12(11)15(9-21,17-14)4-5-20/h6,10-12,14,17,20-21H,3-5,7-9H2,1-2H3/t11-,12+,14+,15+/m0/s1. The van der Waals surface area contributed by atoms with Gasteiger partial charge in [-0.15, -0.1) is 0 Å². The van der Waals surface area contributed by atoms with Crippen LogP contribution in [0.2, 0.25) is 0 Å². The lowest BCUT2D eigenvalue weighted by Crippen LogP contribution is -2.51. The Morgan fingerprint density at radius 2 is 2.24 bits per heavy atom. The fraction of sp³-hybridized carbons (Fsp3) is 0.800. The second kappa shape index (κ2) is 5.68. The monoisotopic (exact) mass is 294 g/mol. The summed E-state index contributed by atoms with van der Waals surface area (Å²) in [6, 6.07) is 0.195. The van der Waals surface area contributed by atoms with Gasteiger partial charge in [0, 0.05) is 38.0 Å². The first-order chi connectivity index (χ1) is 10.1. The molecule has 2 saturated heterocycles. The minimum absolute atomic E-state index is 0.0688. The second-order valence-electron chi connectivity index (χ2n) is 6.51. The van der Waals surface area contributed by atoms with Crippen LogP contribution >= 0.6 is 0 Å². The zero-order valence-electron chi connectivity index (χ0n) is 12.9. The summed E-state index contributed by atoms with van der Waals surface area (Å²) in [6.07, 6.45) is 4.40. The van der Waals surface area contributed by atoms with Crippen molar-refractivity contribution in [2.45, 2.75) is 31.5 Å². The quantitative estimate of drug-likeness (QED) is 0.704. The number of hydrogen-bond donors (Lipinski definition) is 3. The normalized spacial score (nSPS) is 36.3. The van der Waals surface area contributed by atoms with E-state index in [9.17, 15) is 10.2 Å².